The molecule has 2 amide bonds. The molecule has 3 rings (SSSR count). The number of ketones is 1. The lowest BCUT2D eigenvalue weighted by atomic mass is 10.0. The van der Waals surface area contributed by atoms with Crippen LogP contribution in [0.25, 0.3) is 0 Å². The van der Waals surface area contributed by atoms with E-state index < -0.39 is 0 Å². The first-order valence-corrected chi connectivity index (χ1v) is 9.51. The number of nitrogens with one attached hydrogen (secondary N) is 2. The Labute approximate surface area is 170 Å². The van der Waals surface area contributed by atoms with E-state index in [1.54, 1.807) is 24.3 Å². The molecule has 5 heteroatoms. The molecular weight excluding hydrogens is 364 g/mol. The first-order chi connectivity index (χ1) is 14.0. The molecule has 0 aromatic heterocycles. The molecule has 0 radical (unpaired) electrons. The van der Waals surface area contributed by atoms with E-state index in [1.165, 1.54) is 0 Å². The molecule has 29 heavy (non-hydrogen) atoms. The molecule has 0 heterocycles. The number of carbonyl (C=O) groups excluding carboxylic acids is 2. The third-order valence-corrected chi connectivity index (χ3v) is 4.59. The van der Waals surface area contributed by atoms with Gasteiger partial charge in [-0.15, -0.1) is 0 Å². The topological polar surface area (TPSA) is 78.4 Å². The first kappa shape index (κ1) is 20.1. The normalized spacial score (nSPS) is 10.4. The zero-order valence-electron chi connectivity index (χ0n) is 16.3. The summed E-state index contributed by atoms with van der Waals surface area (Å²) in [6, 6.07) is 21.4. The molecule has 0 atom stereocenters. The van der Waals surface area contributed by atoms with E-state index in [1.807, 2.05) is 55.5 Å². The van der Waals surface area contributed by atoms with Crippen molar-refractivity contribution in [2.75, 3.05) is 6.54 Å². The third-order valence-electron chi connectivity index (χ3n) is 4.59. The Kier molecular flexibility index (Phi) is 6.63. The fraction of sp³-hybridized carbons (Fsp3) is 0.167. The molecule has 0 saturated carbocycles. The van der Waals surface area contributed by atoms with Gasteiger partial charge in [0.2, 0.25) is 0 Å². The number of phenolic OH excluding ortho intramolecular Hbond substituents is 1. The van der Waals surface area contributed by atoms with Gasteiger partial charge in [0.05, 0.1) is 0 Å². The fourth-order valence-electron chi connectivity index (χ4n) is 2.95. The smallest absolute Gasteiger partial charge is 0.315 e. The van der Waals surface area contributed by atoms with E-state index in [-0.39, 0.29) is 17.6 Å². The molecule has 0 fully saturated rings. The van der Waals surface area contributed by atoms with Crippen LogP contribution in [0, 0.1) is 6.92 Å². The second-order valence-electron chi connectivity index (χ2n) is 6.92. The Bertz CT molecular complexity index is 980. The predicted octanol–water partition coefficient (Wildman–Crippen LogP) is 3.97. The maximum atomic E-state index is 12.5. The number of hydrogen-bond acceptors (Lipinski definition) is 3. The van der Waals surface area contributed by atoms with Crippen LogP contribution < -0.4 is 10.6 Å². The minimum atomic E-state index is -0.247. The van der Waals surface area contributed by atoms with Crippen molar-refractivity contribution in [3.05, 3.63) is 101 Å². The van der Waals surface area contributed by atoms with Gasteiger partial charge in [0, 0.05) is 24.2 Å². The molecule has 0 unspecified atom stereocenters. The monoisotopic (exact) mass is 388 g/mol. The molecule has 5 nitrogen and oxygen atoms in total. The van der Waals surface area contributed by atoms with Gasteiger partial charge in [-0.1, -0.05) is 60.2 Å². The Morgan fingerprint density at radius 3 is 2.21 bits per heavy atom. The lowest BCUT2D eigenvalue weighted by Gasteiger charge is -2.09. The molecule has 0 aliphatic rings. The van der Waals surface area contributed by atoms with E-state index in [0.717, 1.165) is 16.7 Å². The summed E-state index contributed by atoms with van der Waals surface area (Å²) >= 11 is 0. The minimum absolute atomic E-state index is 0.0137. The Morgan fingerprint density at radius 1 is 0.828 bits per heavy atom. The average Bonchev–Trinajstić information content (AvgIpc) is 2.73. The quantitative estimate of drug-likeness (QED) is 0.536. The summed E-state index contributed by atoms with van der Waals surface area (Å²) < 4.78 is 0. The summed E-state index contributed by atoms with van der Waals surface area (Å²) in [5.74, 6) is 0.214. The standard InChI is InChI=1S/C24H24N2O3/c1-17-3-2-4-21(15-17)23(28)20-9-5-19(6-10-20)16-26-24(29)25-14-13-18-7-11-22(27)12-8-18/h2-12,15,27H,13-14,16H2,1H3,(H2,25,26,29). The van der Waals surface area contributed by atoms with Gasteiger partial charge in [-0.25, -0.2) is 4.79 Å². The highest BCUT2D eigenvalue weighted by molar-refractivity contribution is 6.09. The van der Waals surface area contributed by atoms with Gasteiger partial charge in [0.25, 0.3) is 0 Å². The van der Waals surface area contributed by atoms with Gasteiger partial charge in [0.1, 0.15) is 5.75 Å². The summed E-state index contributed by atoms with van der Waals surface area (Å²) in [4.78, 5) is 24.5. The fourth-order valence-corrected chi connectivity index (χ4v) is 2.95. The maximum Gasteiger partial charge on any atom is 0.315 e. The Morgan fingerprint density at radius 2 is 1.52 bits per heavy atom. The van der Waals surface area contributed by atoms with Crippen LogP contribution in [0.3, 0.4) is 0 Å². The highest BCUT2D eigenvalue weighted by atomic mass is 16.3. The van der Waals surface area contributed by atoms with Crippen molar-refractivity contribution in [2.45, 2.75) is 19.9 Å². The molecule has 0 aliphatic heterocycles. The largest absolute Gasteiger partial charge is 0.508 e. The second-order valence-corrected chi connectivity index (χ2v) is 6.92. The second kappa shape index (κ2) is 9.55. The van der Waals surface area contributed by atoms with Crippen LogP contribution in [0.2, 0.25) is 0 Å². The zero-order chi connectivity index (χ0) is 20.6. The average molecular weight is 388 g/mol. The van der Waals surface area contributed by atoms with E-state index >= 15 is 0 Å². The molecular formula is C24H24N2O3. The minimum Gasteiger partial charge on any atom is -0.508 e. The highest BCUT2D eigenvalue weighted by Crippen LogP contribution is 2.13. The van der Waals surface area contributed by atoms with Crippen molar-refractivity contribution in [1.29, 1.82) is 0 Å². The summed E-state index contributed by atoms with van der Waals surface area (Å²) in [7, 11) is 0. The van der Waals surface area contributed by atoms with Crippen molar-refractivity contribution in [3.63, 3.8) is 0 Å². The van der Waals surface area contributed by atoms with E-state index in [4.69, 9.17) is 0 Å². The lowest BCUT2D eigenvalue weighted by Crippen LogP contribution is -2.36. The number of rotatable bonds is 7. The van der Waals surface area contributed by atoms with Crippen molar-refractivity contribution in [1.82, 2.24) is 10.6 Å². The molecule has 0 bridgehead atoms. The number of urea groups is 1. The molecule has 148 valence electrons. The molecule has 3 aromatic carbocycles. The van der Waals surface area contributed by atoms with Gasteiger partial charge >= 0.3 is 6.03 Å². The molecule has 0 spiro atoms. The molecule has 0 aliphatic carbocycles. The number of phenols is 1. The molecule has 0 saturated heterocycles. The van der Waals surface area contributed by atoms with Crippen LogP contribution in [0.5, 0.6) is 5.75 Å². The maximum absolute atomic E-state index is 12.5. The van der Waals surface area contributed by atoms with E-state index in [0.29, 0.717) is 30.6 Å². The van der Waals surface area contributed by atoms with Crippen LogP contribution in [-0.2, 0) is 13.0 Å². The van der Waals surface area contributed by atoms with Crippen LogP contribution in [-0.4, -0.2) is 23.5 Å². The molecule has 3 N–H and O–H groups in total. The summed E-state index contributed by atoms with van der Waals surface area (Å²) in [5.41, 5.74) is 4.30. The van der Waals surface area contributed by atoms with Crippen molar-refractivity contribution >= 4 is 11.8 Å². The SMILES string of the molecule is Cc1cccc(C(=O)c2ccc(CNC(=O)NCCc3ccc(O)cc3)cc2)c1. The van der Waals surface area contributed by atoms with Gasteiger partial charge in [-0.2, -0.15) is 0 Å². The Hall–Kier alpha value is -3.60. The van der Waals surface area contributed by atoms with Crippen molar-refractivity contribution in [3.8, 4) is 5.75 Å². The van der Waals surface area contributed by atoms with Gasteiger partial charge < -0.3 is 15.7 Å². The van der Waals surface area contributed by atoms with Gasteiger partial charge in [0.15, 0.2) is 5.78 Å². The van der Waals surface area contributed by atoms with Crippen LogP contribution in [0.1, 0.15) is 32.6 Å². The zero-order valence-corrected chi connectivity index (χ0v) is 16.3. The number of aryl methyl sites for hydroxylation is 1. The predicted molar refractivity (Wildman–Crippen MR) is 113 cm³/mol. The third kappa shape index (κ3) is 5.94. The highest BCUT2D eigenvalue weighted by Gasteiger charge is 2.09. The van der Waals surface area contributed by atoms with Gasteiger partial charge in [-0.3, -0.25) is 4.79 Å². The van der Waals surface area contributed by atoms with Crippen LogP contribution in [0.15, 0.2) is 72.8 Å². The lowest BCUT2D eigenvalue weighted by molar-refractivity contribution is 0.103. The summed E-state index contributed by atoms with van der Waals surface area (Å²) in [6.07, 6.45) is 0.684. The Balaban J connectivity index is 1.45. The number of amides is 2. The van der Waals surface area contributed by atoms with E-state index in [9.17, 15) is 14.7 Å². The molecule has 3 aromatic rings. The number of hydrogen-bond donors (Lipinski definition) is 3. The van der Waals surface area contributed by atoms with Gasteiger partial charge in [-0.05, 0) is 42.7 Å². The summed E-state index contributed by atoms with van der Waals surface area (Å²) in [5, 5.41) is 14.9. The van der Waals surface area contributed by atoms with Crippen molar-refractivity contribution in [2.24, 2.45) is 0 Å². The van der Waals surface area contributed by atoms with Crippen molar-refractivity contribution < 1.29 is 14.7 Å². The number of benzene rings is 3. The summed E-state index contributed by atoms with van der Waals surface area (Å²) in [6.45, 7) is 2.84. The first-order valence-electron chi connectivity index (χ1n) is 9.51. The van der Waals surface area contributed by atoms with Crippen LogP contribution in [0.4, 0.5) is 4.79 Å². The number of carbonyl (C=O) groups is 2. The van der Waals surface area contributed by atoms with E-state index in [2.05, 4.69) is 10.6 Å². The number of aromatic hydroxyl groups is 1. The van der Waals surface area contributed by atoms with Crippen LogP contribution >= 0.6 is 0 Å².